The van der Waals surface area contributed by atoms with Crippen LogP contribution in [0.4, 0.5) is 5.69 Å². The molecule has 0 saturated heterocycles. The summed E-state index contributed by atoms with van der Waals surface area (Å²) in [4.78, 5) is 12.6. The molecular formula is C19H31NO3. The third-order valence-electron chi connectivity index (χ3n) is 3.86. The first-order valence-corrected chi connectivity index (χ1v) is 8.67. The largest absolute Gasteiger partial charge is 0.491 e. The summed E-state index contributed by atoms with van der Waals surface area (Å²) in [5.41, 5.74) is -0.0228. The fourth-order valence-electron chi connectivity index (χ4n) is 2.25. The van der Waals surface area contributed by atoms with Gasteiger partial charge < -0.3 is 14.8 Å². The van der Waals surface area contributed by atoms with Crippen LogP contribution >= 0.6 is 0 Å². The van der Waals surface area contributed by atoms with Gasteiger partial charge in [0, 0.05) is 12.3 Å². The van der Waals surface area contributed by atoms with E-state index in [1.807, 2.05) is 45.0 Å². The SMILES string of the molecule is CCCO[C@](C)(CCC)C(=O)Nc1ccc(O[C@H](C)CC)cc1. The molecule has 4 heteroatoms. The molecule has 0 saturated carbocycles. The van der Waals surface area contributed by atoms with Gasteiger partial charge in [-0.2, -0.15) is 0 Å². The Morgan fingerprint density at radius 1 is 1.17 bits per heavy atom. The molecule has 0 aliphatic rings. The third kappa shape index (κ3) is 6.22. The molecule has 4 nitrogen and oxygen atoms in total. The summed E-state index contributed by atoms with van der Waals surface area (Å²) in [6.07, 6.45) is 3.64. The summed E-state index contributed by atoms with van der Waals surface area (Å²) in [6, 6.07) is 7.49. The van der Waals surface area contributed by atoms with E-state index in [4.69, 9.17) is 9.47 Å². The third-order valence-corrected chi connectivity index (χ3v) is 3.86. The molecule has 1 rings (SSSR count). The van der Waals surface area contributed by atoms with Gasteiger partial charge in [0.25, 0.3) is 5.91 Å². The number of benzene rings is 1. The van der Waals surface area contributed by atoms with Crippen molar-refractivity contribution >= 4 is 11.6 Å². The molecule has 0 fully saturated rings. The monoisotopic (exact) mass is 321 g/mol. The second kappa shape index (κ2) is 9.56. The molecule has 2 atom stereocenters. The van der Waals surface area contributed by atoms with Crippen LogP contribution in [0, 0.1) is 0 Å². The minimum absolute atomic E-state index is 0.0941. The molecule has 0 aromatic heterocycles. The number of rotatable bonds is 10. The van der Waals surface area contributed by atoms with Crippen molar-refractivity contribution in [1.82, 2.24) is 0 Å². The van der Waals surface area contributed by atoms with Gasteiger partial charge in [0.1, 0.15) is 11.4 Å². The molecule has 0 unspecified atom stereocenters. The smallest absolute Gasteiger partial charge is 0.256 e. The van der Waals surface area contributed by atoms with E-state index in [9.17, 15) is 4.79 Å². The van der Waals surface area contributed by atoms with Crippen molar-refractivity contribution in [3.8, 4) is 5.75 Å². The normalized spacial score (nSPS) is 14.8. The Kier molecular flexibility index (Phi) is 8.10. The minimum Gasteiger partial charge on any atom is -0.491 e. The molecule has 23 heavy (non-hydrogen) atoms. The highest BCUT2D eigenvalue weighted by atomic mass is 16.5. The molecule has 1 aromatic carbocycles. The number of hydrogen-bond acceptors (Lipinski definition) is 3. The second-order valence-corrected chi connectivity index (χ2v) is 6.14. The van der Waals surface area contributed by atoms with Crippen molar-refractivity contribution in [2.24, 2.45) is 0 Å². The Labute approximate surface area is 140 Å². The van der Waals surface area contributed by atoms with E-state index >= 15 is 0 Å². The zero-order valence-corrected chi connectivity index (χ0v) is 15.1. The molecule has 0 bridgehead atoms. The lowest BCUT2D eigenvalue weighted by molar-refractivity contribution is -0.140. The van der Waals surface area contributed by atoms with Gasteiger partial charge in [0.05, 0.1) is 6.10 Å². The van der Waals surface area contributed by atoms with E-state index in [2.05, 4.69) is 19.2 Å². The lowest BCUT2D eigenvalue weighted by atomic mass is 9.99. The summed E-state index contributed by atoms with van der Waals surface area (Å²) in [5, 5.41) is 2.95. The fourth-order valence-corrected chi connectivity index (χ4v) is 2.25. The van der Waals surface area contributed by atoms with Gasteiger partial charge in [0.2, 0.25) is 0 Å². The van der Waals surface area contributed by atoms with Crippen molar-refractivity contribution < 1.29 is 14.3 Å². The van der Waals surface area contributed by atoms with Crippen LogP contribution in [0.5, 0.6) is 5.75 Å². The van der Waals surface area contributed by atoms with Gasteiger partial charge in [0.15, 0.2) is 0 Å². The van der Waals surface area contributed by atoms with Crippen molar-refractivity contribution in [2.75, 3.05) is 11.9 Å². The molecule has 0 aliphatic carbocycles. The maximum absolute atomic E-state index is 12.6. The van der Waals surface area contributed by atoms with Crippen LogP contribution in [-0.2, 0) is 9.53 Å². The second-order valence-electron chi connectivity index (χ2n) is 6.14. The maximum atomic E-state index is 12.6. The summed E-state index contributed by atoms with van der Waals surface area (Å²) in [7, 11) is 0. The molecule has 0 aliphatic heterocycles. The fraction of sp³-hybridized carbons (Fsp3) is 0.632. The molecule has 0 heterocycles. The van der Waals surface area contributed by atoms with Gasteiger partial charge in [-0.25, -0.2) is 0 Å². The number of anilines is 1. The van der Waals surface area contributed by atoms with E-state index in [0.717, 1.165) is 30.7 Å². The van der Waals surface area contributed by atoms with E-state index in [1.165, 1.54) is 0 Å². The standard InChI is InChI=1S/C19H31NO3/c1-6-13-19(5,22-14-7-2)18(21)20-16-9-11-17(12-10-16)23-15(4)8-3/h9-12,15H,6-8,13-14H2,1-5H3,(H,20,21)/t15-,19-/m1/s1. The lowest BCUT2D eigenvalue weighted by Crippen LogP contribution is -2.43. The van der Waals surface area contributed by atoms with Crippen LogP contribution in [0.3, 0.4) is 0 Å². The lowest BCUT2D eigenvalue weighted by Gasteiger charge is -2.28. The highest BCUT2D eigenvalue weighted by Crippen LogP contribution is 2.23. The Balaban J connectivity index is 2.70. The van der Waals surface area contributed by atoms with E-state index in [1.54, 1.807) is 0 Å². The van der Waals surface area contributed by atoms with Crippen LogP contribution in [0.1, 0.15) is 60.3 Å². The highest BCUT2D eigenvalue weighted by molar-refractivity contribution is 5.97. The van der Waals surface area contributed by atoms with Crippen molar-refractivity contribution in [3.05, 3.63) is 24.3 Å². The number of carbonyl (C=O) groups is 1. The van der Waals surface area contributed by atoms with Crippen molar-refractivity contribution in [3.63, 3.8) is 0 Å². The molecule has 0 spiro atoms. The van der Waals surface area contributed by atoms with Crippen LogP contribution in [0.15, 0.2) is 24.3 Å². The van der Waals surface area contributed by atoms with Crippen LogP contribution in [0.25, 0.3) is 0 Å². The maximum Gasteiger partial charge on any atom is 0.256 e. The number of hydrogen-bond donors (Lipinski definition) is 1. The highest BCUT2D eigenvalue weighted by Gasteiger charge is 2.33. The number of amides is 1. The number of ether oxygens (including phenoxy) is 2. The van der Waals surface area contributed by atoms with Crippen LogP contribution in [0.2, 0.25) is 0 Å². The molecule has 1 N–H and O–H groups in total. The van der Waals surface area contributed by atoms with Crippen molar-refractivity contribution in [1.29, 1.82) is 0 Å². The van der Waals surface area contributed by atoms with Gasteiger partial charge in [-0.15, -0.1) is 0 Å². The molecule has 1 aromatic rings. The topological polar surface area (TPSA) is 47.6 Å². The minimum atomic E-state index is -0.781. The Morgan fingerprint density at radius 3 is 2.35 bits per heavy atom. The van der Waals surface area contributed by atoms with E-state index in [0.29, 0.717) is 13.0 Å². The molecule has 130 valence electrons. The molecular weight excluding hydrogens is 290 g/mol. The first kappa shape index (κ1) is 19.5. The van der Waals surface area contributed by atoms with Gasteiger partial charge >= 0.3 is 0 Å². The van der Waals surface area contributed by atoms with Crippen molar-refractivity contribution in [2.45, 2.75) is 72.0 Å². The van der Waals surface area contributed by atoms with E-state index < -0.39 is 5.60 Å². The van der Waals surface area contributed by atoms with Crippen LogP contribution < -0.4 is 10.1 Å². The molecule has 0 radical (unpaired) electrons. The summed E-state index contributed by atoms with van der Waals surface area (Å²) in [6.45, 7) is 10.7. The van der Waals surface area contributed by atoms with E-state index in [-0.39, 0.29) is 12.0 Å². The van der Waals surface area contributed by atoms with Crippen LogP contribution in [-0.4, -0.2) is 24.2 Å². The van der Waals surface area contributed by atoms with Gasteiger partial charge in [-0.05, 0) is 57.4 Å². The number of nitrogens with one attached hydrogen (secondary N) is 1. The first-order chi connectivity index (χ1) is 10.9. The zero-order chi connectivity index (χ0) is 17.3. The molecule has 1 amide bonds. The quantitative estimate of drug-likeness (QED) is 0.674. The predicted molar refractivity (Wildman–Crippen MR) is 95.0 cm³/mol. The first-order valence-electron chi connectivity index (χ1n) is 8.67. The summed E-state index contributed by atoms with van der Waals surface area (Å²) < 4.78 is 11.6. The van der Waals surface area contributed by atoms with Gasteiger partial charge in [-0.3, -0.25) is 4.79 Å². The average molecular weight is 321 g/mol. The van der Waals surface area contributed by atoms with Gasteiger partial charge in [-0.1, -0.05) is 27.2 Å². The Morgan fingerprint density at radius 2 is 1.83 bits per heavy atom. The Bertz CT molecular complexity index is 472. The number of carbonyl (C=O) groups excluding carboxylic acids is 1. The Hall–Kier alpha value is -1.55. The predicted octanol–water partition coefficient (Wildman–Crippen LogP) is 4.79. The summed E-state index contributed by atoms with van der Waals surface area (Å²) in [5.74, 6) is 0.722. The average Bonchev–Trinajstić information content (AvgIpc) is 2.54. The zero-order valence-electron chi connectivity index (χ0n) is 15.1. The summed E-state index contributed by atoms with van der Waals surface area (Å²) >= 11 is 0.